The summed E-state index contributed by atoms with van der Waals surface area (Å²) >= 11 is 4.69. The molecule has 0 aliphatic rings. The topological polar surface area (TPSA) is 29.5 Å². The molecule has 2 nitrogen and oxygen atoms in total. The van der Waals surface area contributed by atoms with E-state index in [2.05, 4.69) is 11.6 Å². The molecular weight excluding hydrogens is 214 g/mol. The fourth-order valence-electron chi connectivity index (χ4n) is 1.00. The maximum absolute atomic E-state index is 12.5. The van der Waals surface area contributed by atoms with Gasteiger partial charge in [-0.25, -0.2) is 0 Å². The average Bonchev–Trinajstić information content (AvgIpc) is 2.15. The van der Waals surface area contributed by atoms with Crippen LogP contribution in [0.5, 0.6) is 5.75 Å². The van der Waals surface area contributed by atoms with E-state index < -0.39 is 11.5 Å². The van der Waals surface area contributed by atoms with Crippen LogP contribution in [0.1, 0.15) is 11.7 Å². The van der Waals surface area contributed by atoms with Crippen LogP contribution in [0.4, 0.5) is 8.78 Å². The second kappa shape index (κ2) is 4.11. The lowest BCUT2D eigenvalue weighted by atomic mass is 10.1. The summed E-state index contributed by atoms with van der Waals surface area (Å²) in [6.07, 6.45) is -2.03. The van der Waals surface area contributed by atoms with Gasteiger partial charge in [-0.05, 0) is 29.3 Å². The molecule has 1 aromatic carbocycles. The Hall–Kier alpha value is -0.870. The van der Waals surface area contributed by atoms with E-state index in [9.17, 15) is 8.78 Å². The average molecular weight is 223 g/mol. The van der Waals surface area contributed by atoms with Crippen LogP contribution in [-0.4, -0.2) is 17.6 Å². The van der Waals surface area contributed by atoms with Crippen molar-refractivity contribution < 1.29 is 18.6 Å². The van der Waals surface area contributed by atoms with Crippen molar-refractivity contribution >= 4 is 11.6 Å². The zero-order valence-electron chi connectivity index (χ0n) is 7.38. The zero-order valence-corrected chi connectivity index (χ0v) is 8.13. The quantitative estimate of drug-likeness (QED) is 0.797. The Labute approximate surface area is 85.1 Å². The number of aliphatic hydroxyl groups excluding tert-OH is 1. The Bertz CT molecular complexity index is 312. The molecule has 1 rings (SSSR count). The zero-order chi connectivity index (χ0) is 10.8. The van der Waals surface area contributed by atoms with E-state index in [1.165, 1.54) is 25.3 Å². The van der Waals surface area contributed by atoms with Gasteiger partial charge in [-0.2, -0.15) is 8.78 Å². The van der Waals surface area contributed by atoms with Crippen molar-refractivity contribution in [2.75, 3.05) is 7.11 Å². The Balaban J connectivity index is 2.95. The lowest BCUT2D eigenvalue weighted by Crippen LogP contribution is -2.18. The van der Waals surface area contributed by atoms with Crippen LogP contribution in [0.2, 0.25) is 0 Å². The minimum Gasteiger partial charge on any atom is -0.497 e. The Morgan fingerprint density at radius 1 is 1.50 bits per heavy atom. The number of methoxy groups -OCH3 is 1. The summed E-state index contributed by atoms with van der Waals surface area (Å²) in [5.41, 5.74) is 0.0179. The highest BCUT2D eigenvalue weighted by Crippen LogP contribution is 2.35. The first kappa shape index (κ1) is 11.2. The number of aliphatic hydroxyl groups is 1. The highest BCUT2D eigenvalue weighted by molar-refractivity contribution is 6.22. The van der Waals surface area contributed by atoms with E-state index in [1.54, 1.807) is 6.07 Å². The van der Waals surface area contributed by atoms with Crippen molar-refractivity contribution in [3.05, 3.63) is 29.8 Å². The first-order valence-electron chi connectivity index (χ1n) is 3.84. The molecule has 0 aliphatic heterocycles. The molecule has 5 heteroatoms. The molecule has 14 heavy (non-hydrogen) atoms. The number of hydrogen-bond donors (Lipinski definition) is 1. The second-order valence-corrected chi connectivity index (χ2v) is 3.22. The summed E-state index contributed by atoms with van der Waals surface area (Å²) in [4.78, 5) is 0. The van der Waals surface area contributed by atoms with Crippen LogP contribution in [-0.2, 0) is 0 Å². The number of hydrogen-bond acceptors (Lipinski definition) is 2. The van der Waals surface area contributed by atoms with Gasteiger partial charge in [0.15, 0.2) is 6.10 Å². The van der Waals surface area contributed by atoms with Crippen molar-refractivity contribution in [3.63, 3.8) is 0 Å². The predicted octanol–water partition coefficient (Wildman–Crippen LogP) is 2.56. The van der Waals surface area contributed by atoms with Crippen LogP contribution in [0, 0.1) is 0 Å². The standard InChI is InChI=1S/C9H9ClF2O2/c1-14-7-4-2-3-6(5-7)8(13)9(10,11)12/h2-5,8,13H,1H3. The molecule has 78 valence electrons. The van der Waals surface area contributed by atoms with Crippen molar-refractivity contribution in [1.29, 1.82) is 0 Å². The monoisotopic (exact) mass is 222 g/mol. The van der Waals surface area contributed by atoms with Gasteiger partial charge in [0, 0.05) is 0 Å². The highest BCUT2D eigenvalue weighted by Gasteiger charge is 2.36. The predicted molar refractivity (Wildman–Crippen MR) is 48.8 cm³/mol. The molecule has 0 spiro atoms. The molecular formula is C9H9ClF2O2. The van der Waals surface area contributed by atoms with Gasteiger partial charge < -0.3 is 9.84 Å². The fraction of sp³-hybridized carbons (Fsp3) is 0.333. The van der Waals surface area contributed by atoms with Gasteiger partial charge >= 0.3 is 5.38 Å². The molecule has 0 heterocycles. The SMILES string of the molecule is COc1cccc(C(O)C(F)(F)Cl)c1. The molecule has 0 aliphatic carbocycles. The molecule has 0 radical (unpaired) electrons. The molecule has 0 fully saturated rings. The summed E-state index contributed by atoms with van der Waals surface area (Å²) in [5.74, 6) is 0.391. The summed E-state index contributed by atoms with van der Waals surface area (Å²) in [7, 11) is 1.41. The third-order valence-corrected chi connectivity index (χ3v) is 1.93. The van der Waals surface area contributed by atoms with Crippen LogP contribution in [0.3, 0.4) is 0 Å². The van der Waals surface area contributed by atoms with E-state index in [0.29, 0.717) is 5.75 Å². The van der Waals surface area contributed by atoms with Crippen molar-refractivity contribution in [1.82, 2.24) is 0 Å². The molecule has 0 saturated carbocycles. The highest BCUT2D eigenvalue weighted by atomic mass is 35.5. The Morgan fingerprint density at radius 3 is 2.64 bits per heavy atom. The van der Waals surface area contributed by atoms with Gasteiger partial charge in [-0.1, -0.05) is 12.1 Å². The lowest BCUT2D eigenvalue weighted by molar-refractivity contribution is -0.0425. The first-order valence-corrected chi connectivity index (χ1v) is 4.21. The van der Waals surface area contributed by atoms with E-state index in [4.69, 9.17) is 9.84 Å². The number of rotatable bonds is 3. The molecule has 0 aromatic heterocycles. The molecule has 1 N–H and O–H groups in total. The van der Waals surface area contributed by atoms with E-state index >= 15 is 0 Å². The van der Waals surface area contributed by atoms with Crippen molar-refractivity contribution in [2.24, 2.45) is 0 Å². The smallest absolute Gasteiger partial charge is 0.351 e. The van der Waals surface area contributed by atoms with Gasteiger partial charge in [0.25, 0.3) is 0 Å². The number of benzene rings is 1. The molecule has 1 unspecified atom stereocenters. The number of ether oxygens (including phenoxy) is 1. The summed E-state index contributed by atoms with van der Waals surface area (Å²) in [5, 5.41) is 5.47. The van der Waals surface area contributed by atoms with Crippen LogP contribution >= 0.6 is 11.6 Å². The maximum Gasteiger partial charge on any atom is 0.351 e. The minimum atomic E-state index is -3.67. The number of halogens is 3. The van der Waals surface area contributed by atoms with E-state index in [-0.39, 0.29) is 5.56 Å². The summed E-state index contributed by atoms with van der Waals surface area (Å²) in [6, 6.07) is 5.74. The van der Waals surface area contributed by atoms with E-state index in [0.717, 1.165) is 0 Å². The lowest BCUT2D eigenvalue weighted by Gasteiger charge is -2.16. The summed E-state index contributed by atoms with van der Waals surface area (Å²) in [6.45, 7) is 0. The number of alkyl halides is 3. The van der Waals surface area contributed by atoms with Gasteiger partial charge in [-0.15, -0.1) is 0 Å². The largest absolute Gasteiger partial charge is 0.497 e. The normalized spacial score (nSPS) is 13.8. The molecule has 1 aromatic rings. The van der Waals surface area contributed by atoms with E-state index in [1.807, 2.05) is 0 Å². The maximum atomic E-state index is 12.5. The Morgan fingerprint density at radius 2 is 2.14 bits per heavy atom. The second-order valence-electron chi connectivity index (χ2n) is 2.72. The third-order valence-electron chi connectivity index (χ3n) is 1.72. The van der Waals surface area contributed by atoms with Crippen molar-refractivity contribution in [3.8, 4) is 5.75 Å². The third kappa shape index (κ3) is 2.56. The van der Waals surface area contributed by atoms with Crippen LogP contribution in [0.15, 0.2) is 24.3 Å². The van der Waals surface area contributed by atoms with Crippen LogP contribution < -0.4 is 4.74 Å². The molecule has 1 atom stereocenters. The Kier molecular flexibility index (Phi) is 3.29. The van der Waals surface area contributed by atoms with Gasteiger partial charge in [0.1, 0.15) is 5.75 Å². The molecule has 0 saturated heterocycles. The fourth-order valence-corrected chi connectivity index (χ4v) is 1.13. The first-order chi connectivity index (χ1) is 6.45. The molecule has 0 bridgehead atoms. The van der Waals surface area contributed by atoms with Gasteiger partial charge in [0.05, 0.1) is 7.11 Å². The molecule has 0 amide bonds. The minimum absolute atomic E-state index is 0.0179. The van der Waals surface area contributed by atoms with Gasteiger partial charge in [0.2, 0.25) is 0 Å². The van der Waals surface area contributed by atoms with Gasteiger partial charge in [-0.3, -0.25) is 0 Å². The summed E-state index contributed by atoms with van der Waals surface area (Å²) < 4.78 is 29.8. The van der Waals surface area contributed by atoms with Crippen molar-refractivity contribution in [2.45, 2.75) is 11.5 Å². The van der Waals surface area contributed by atoms with Crippen LogP contribution in [0.25, 0.3) is 0 Å².